The lowest BCUT2D eigenvalue weighted by Crippen LogP contribution is -2.34. The molecule has 1 fully saturated rings. The van der Waals surface area contributed by atoms with Crippen molar-refractivity contribution in [3.63, 3.8) is 0 Å². The number of benzene rings is 1. The third-order valence-corrected chi connectivity index (χ3v) is 4.85. The first-order chi connectivity index (χ1) is 13.2. The number of aromatic nitrogens is 1. The summed E-state index contributed by atoms with van der Waals surface area (Å²) in [5, 5.41) is 7.80. The van der Waals surface area contributed by atoms with Gasteiger partial charge >= 0.3 is 6.09 Å². The van der Waals surface area contributed by atoms with Gasteiger partial charge < -0.3 is 20.1 Å². The first-order valence-corrected chi connectivity index (χ1v) is 10.0. The Morgan fingerprint density at radius 2 is 2.21 bits per heavy atom. The van der Waals surface area contributed by atoms with Crippen LogP contribution in [-0.2, 0) is 9.47 Å². The smallest absolute Gasteiger partial charge is 0.408 e. The summed E-state index contributed by atoms with van der Waals surface area (Å²) < 4.78 is 11.1. The van der Waals surface area contributed by atoms with Gasteiger partial charge in [0.2, 0.25) is 0 Å². The average molecular weight is 406 g/mol. The van der Waals surface area contributed by atoms with E-state index in [-0.39, 0.29) is 12.1 Å². The monoisotopic (exact) mass is 405 g/mol. The van der Waals surface area contributed by atoms with E-state index in [0.717, 1.165) is 35.9 Å². The van der Waals surface area contributed by atoms with Crippen molar-refractivity contribution in [1.82, 2.24) is 10.3 Å². The number of alkyl carbamates (subject to hydrolysis) is 1. The number of rotatable bonds is 5. The van der Waals surface area contributed by atoms with E-state index in [1.807, 2.05) is 52.0 Å². The quantitative estimate of drug-likeness (QED) is 0.726. The fourth-order valence-electron chi connectivity index (χ4n) is 3.23. The van der Waals surface area contributed by atoms with Crippen molar-refractivity contribution in [1.29, 1.82) is 0 Å². The van der Waals surface area contributed by atoms with Crippen LogP contribution in [0.2, 0.25) is 5.02 Å². The fraction of sp³-hybridized carbons (Fsp3) is 0.524. The number of pyridine rings is 1. The second-order valence-corrected chi connectivity index (χ2v) is 8.53. The highest BCUT2D eigenvalue weighted by Gasteiger charge is 2.22. The molecule has 152 valence electrons. The molecular weight excluding hydrogens is 378 g/mol. The largest absolute Gasteiger partial charge is 0.444 e. The average Bonchev–Trinajstić information content (AvgIpc) is 3.11. The molecule has 0 unspecified atom stereocenters. The predicted octanol–water partition coefficient (Wildman–Crippen LogP) is 5.06. The van der Waals surface area contributed by atoms with Gasteiger partial charge in [-0.05, 0) is 52.7 Å². The minimum atomic E-state index is -0.556. The molecule has 6 nitrogen and oxygen atoms in total. The zero-order valence-corrected chi connectivity index (χ0v) is 17.6. The fourth-order valence-corrected chi connectivity index (χ4v) is 3.45. The van der Waals surface area contributed by atoms with Crippen LogP contribution >= 0.6 is 11.6 Å². The van der Waals surface area contributed by atoms with E-state index in [4.69, 9.17) is 26.1 Å². The number of carbonyl (C=O) groups is 1. The maximum absolute atomic E-state index is 12.2. The summed E-state index contributed by atoms with van der Waals surface area (Å²) in [6.45, 7) is 8.89. The van der Waals surface area contributed by atoms with Crippen molar-refractivity contribution in [2.45, 2.75) is 58.3 Å². The number of nitrogens with one attached hydrogen (secondary N) is 2. The topological polar surface area (TPSA) is 72.5 Å². The van der Waals surface area contributed by atoms with Crippen LogP contribution < -0.4 is 10.6 Å². The van der Waals surface area contributed by atoms with Crippen LogP contribution in [0.25, 0.3) is 10.9 Å². The molecule has 2 heterocycles. The molecule has 1 saturated heterocycles. The highest BCUT2D eigenvalue weighted by atomic mass is 35.5. The lowest BCUT2D eigenvalue weighted by molar-refractivity contribution is 0.0508. The number of halogens is 1. The zero-order valence-electron chi connectivity index (χ0n) is 16.8. The molecule has 0 radical (unpaired) electrons. The van der Waals surface area contributed by atoms with E-state index < -0.39 is 11.7 Å². The van der Waals surface area contributed by atoms with Gasteiger partial charge in [-0.15, -0.1) is 0 Å². The SMILES string of the molecule is C[C@H](NC(=O)OC(C)(C)C)c1cc2cccc(Cl)c2nc1NC[C@@H]1CCCO1. The maximum atomic E-state index is 12.2. The van der Waals surface area contributed by atoms with Crippen LogP contribution in [0.3, 0.4) is 0 Å². The Labute approximate surface area is 170 Å². The Bertz CT molecular complexity index is 845. The number of hydrogen-bond donors (Lipinski definition) is 2. The van der Waals surface area contributed by atoms with Gasteiger partial charge in [-0.25, -0.2) is 9.78 Å². The van der Waals surface area contributed by atoms with E-state index >= 15 is 0 Å². The number of carbonyl (C=O) groups excluding carboxylic acids is 1. The Kier molecular flexibility index (Phi) is 6.30. The number of anilines is 1. The molecule has 28 heavy (non-hydrogen) atoms. The summed E-state index contributed by atoms with van der Waals surface area (Å²) in [6, 6.07) is 7.39. The molecule has 2 aromatic rings. The number of para-hydroxylation sites is 1. The van der Waals surface area contributed by atoms with Crippen LogP contribution in [-0.4, -0.2) is 35.9 Å². The van der Waals surface area contributed by atoms with Gasteiger partial charge in [0.25, 0.3) is 0 Å². The van der Waals surface area contributed by atoms with Crippen LogP contribution in [0.5, 0.6) is 0 Å². The summed E-state index contributed by atoms with van der Waals surface area (Å²) in [4.78, 5) is 17.0. The summed E-state index contributed by atoms with van der Waals surface area (Å²) in [5.74, 6) is 0.694. The predicted molar refractivity (Wildman–Crippen MR) is 112 cm³/mol. The Morgan fingerprint density at radius 1 is 1.43 bits per heavy atom. The van der Waals surface area contributed by atoms with E-state index in [1.54, 1.807) is 0 Å². The van der Waals surface area contributed by atoms with Crippen molar-refractivity contribution >= 4 is 34.4 Å². The maximum Gasteiger partial charge on any atom is 0.408 e. The number of amides is 1. The molecule has 1 aliphatic rings. The molecule has 7 heteroatoms. The Hall–Kier alpha value is -2.05. The molecule has 2 N–H and O–H groups in total. The van der Waals surface area contributed by atoms with Gasteiger partial charge in [0.15, 0.2) is 0 Å². The van der Waals surface area contributed by atoms with Gasteiger partial charge in [0.05, 0.1) is 22.7 Å². The number of hydrogen-bond acceptors (Lipinski definition) is 5. The summed E-state index contributed by atoms with van der Waals surface area (Å²) in [5.41, 5.74) is 1.05. The summed E-state index contributed by atoms with van der Waals surface area (Å²) in [7, 11) is 0. The van der Waals surface area contributed by atoms with Crippen LogP contribution in [0.4, 0.5) is 10.6 Å². The molecule has 0 bridgehead atoms. The van der Waals surface area contributed by atoms with Gasteiger partial charge in [-0.2, -0.15) is 0 Å². The molecule has 3 rings (SSSR count). The standard InChI is InChI=1S/C21H28ClN3O3/c1-13(24-20(26)28-21(2,3)4)16-11-14-7-5-9-17(22)18(14)25-19(16)23-12-15-8-6-10-27-15/h5,7,9,11,13,15H,6,8,10,12H2,1-4H3,(H,23,25)(H,24,26)/t13-,15-/m0/s1. The van der Waals surface area contributed by atoms with Crippen LogP contribution in [0, 0.1) is 0 Å². The normalized spacial score (nSPS) is 18.1. The minimum Gasteiger partial charge on any atom is -0.444 e. The van der Waals surface area contributed by atoms with Crippen molar-refractivity contribution in [2.75, 3.05) is 18.5 Å². The van der Waals surface area contributed by atoms with Gasteiger partial charge in [-0.3, -0.25) is 0 Å². The Balaban J connectivity index is 1.86. The van der Waals surface area contributed by atoms with Crippen LogP contribution in [0.15, 0.2) is 24.3 Å². The summed E-state index contributed by atoms with van der Waals surface area (Å²) in [6.07, 6.45) is 1.82. The molecule has 0 saturated carbocycles. The van der Waals surface area contributed by atoms with Crippen molar-refractivity contribution in [3.8, 4) is 0 Å². The first kappa shape index (κ1) is 20.7. The third kappa shape index (κ3) is 5.26. The lowest BCUT2D eigenvalue weighted by Gasteiger charge is -2.23. The second-order valence-electron chi connectivity index (χ2n) is 8.12. The van der Waals surface area contributed by atoms with Crippen molar-refractivity contribution in [3.05, 3.63) is 34.9 Å². The molecule has 1 aromatic heterocycles. The van der Waals surface area contributed by atoms with Crippen molar-refractivity contribution in [2.24, 2.45) is 0 Å². The van der Waals surface area contributed by atoms with E-state index in [2.05, 4.69) is 10.6 Å². The minimum absolute atomic E-state index is 0.172. The molecule has 0 aliphatic carbocycles. The van der Waals surface area contributed by atoms with E-state index in [0.29, 0.717) is 17.4 Å². The van der Waals surface area contributed by atoms with Crippen LogP contribution in [0.1, 0.15) is 52.1 Å². The molecule has 1 amide bonds. The Morgan fingerprint density at radius 3 is 2.89 bits per heavy atom. The molecule has 2 atom stereocenters. The number of nitrogens with zero attached hydrogens (tertiary/aromatic N) is 1. The highest BCUT2D eigenvalue weighted by molar-refractivity contribution is 6.35. The zero-order chi connectivity index (χ0) is 20.3. The molecule has 1 aromatic carbocycles. The lowest BCUT2D eigenvalue weighted by atomic mass is 10.1. The van der Waals surface area contributed by atoms with Gasteiger partial charge in [0.1, 0.15) is 11.4 Å². The number of ether oxygens (including phenoxy) is 2. The van der Waals surface area contributed by atoms with Gasteiger partial charge in [0, 0.05) is 24.1 Å². The molecular formula is C21H28ClN3O3. The second kappa shape index (κ2) is 8.53. The highest BCUT2D eigenvalue weighted by Crippen LogP contribution is 2.30. The third-order valence-electron chi connectivity index (χ3n) is 4.55. The van der Waals surface area contributed by atoms with E-state index in [9.17, 15) is 4.79 Å². The van der Waals surface area contributed by atoms with E-state index in [1.165, 1.54) is 0 Å². The summed E-state index contributed by atoms with van der Waals surface area (Å²) >= 11 is 6.34. The first-order valence-electron chi connectivity index (χ1n) is 9.67. The molecule has 0 spiro atoms. The van der Waals surface area contributed by atoms with Gasteiger partial charge in [-0.1, -0.05) is 23.7 Å². The molecule has 1 aliphatic heterocycles. The van der Waals surface area contributed by atoms with Crippen molar-refractivity contribution < 1.29 is 14.3 Å². The number of fused-ring (bicyclic) bond motifs is 1.